The first kappa shape index (κ1) is 11.4. The van der Waals surface area contributed by atoms with Gasteiger partial charge in [0.2, 0.25) is 5.91 Å². The van der Waals surface area contributed by atoms with Gasteiger partial charge in [-0.15, -0.1) is 0 Å². The van der Waals surface area contributed by atoms with Crippen LogP contribution in [0.5, 0.6) is 5.75 Å². The van der Waals surface area contributed by atoms with Crippen LogP contribution in [0.3, 0.4) is 0 Å². The number of piperidine rings is 1. The second-order valence-electron chi connectivity index (χ2n) is 4.01. The highest BCUT2D eigenvalue weighted by Gasteiger charge is 2.23. The Balaban J connectivity index is 2.01. The quantitative estimate of drug-likeness (QED) is 0.693. The molecule has 5 nitrogen and oxygen atoms in total. The highest BCUT2D eigenvalue weighted by Crippen LogP contribution is 2.10. The molecule has 0 aromatic heterocycles. The summed E-state index contributed by atoms with van der Waals surface area (Å²) in [6.45, 7) is 0.671. The summed E-state index contributed by atoms with van der Waals surface area (Å²) in [7, 11) is 0. The minimum absolute atomic E-state index is 0.108. The third-order valence-corrected chi connectivity index (χ3v) is 2.72. The van der Waals surface area contributed by atoms with Gasteiger partial charge in [-0.25, -0.2) is 0 Å². The molecule has 1 fully saturated rings. The number of amides is 2. The van der Waals surface area contributed by atoms with E-state index in [1.54, 1.807) is 0 Å². The number of phenolic OH excluding ortho intramolecular Hbond substituents is 1. The van der Waals surface area contributed by atoms with Crippen molar-refractivity contribution in [2.24, 2.45) is 0 Å². The zero-order valence-electron chi connectivity index (χ0n) is 9.27. The number of phenols is 1. The SMILES string of the molecule is O=C(NC1CCCNC1=O)c1ccc(O)cc1. The van der Waals surface area contributed by atoms with E-state index < -0.39 is 6.04 Å². The molecule has 0 aliphatic carbocycles. The molecule has 90 valence electrons. The van der Waals surface area contributed by atoms with E-state index in [-0.39, 0.29) is 17.6 Å². The minimum atomic E-state index is -0.454. The number of aromatic hydroxyl groups is 1. The van der Waals surface area contributed by atoms with E-state index in [1.165, 1.54) is 24.3 Å². The fourth-order valence-electron chi connectivity index (χ4n) is 1.76. The second kappa shape index (κ2) is 4.86. The first-order valence-corrected chi connectivity index (χ1v) is 5.54. The van der Waals surface area contributed by atoms with Gasteiger partial charge in [-0.3, -0.25) is 9.59 Å². The van der Waals surface area contributed by atoms with Crippen molar-refractivity contribution in [1.29, 1.82) is 0 Å². The molecule has 1 unspecified atom stereocenters. The van der Waals surface area contributed by atoms with Crippen LogP contribution in [0.4, 0.5) is 0 Å². The number of hydrogen-bond donors (Lipinski definition) is 3. The van der Waals surface area contributed by atoms with E-state index >= 15 is 0 Å². The molecule has 3 N–H and O–H groups in total. The van der Waals surface area contributed by atoms with Crippen molar-refractivity contribution in [3.05, 3.63) is 29.8 Å². The van der Waals surface area contributed by atoms with Gasteiger partial charge >= 0.3 is 0 Å². The standard InChI is InChI=1S/C12H14N2O3/c15-9-5-3-8(4-6-9)11(16)14-10-2-1-7-13-12(10)17/h3-6,10,15H,1-2,7H2,(H,13,17)(H,14,16). The Kier molecular flexibility index (Phi) is 3.27. The molecule has 1 heterocycles. The maximum atomic E-state index is 11.8. The van der Waals surface area contributed by atoms with Gasteiger partial charge in [0.15, 0.2) is 0 Å². The Morgan fingerprint density at radius 1 is 1.35 bits per heavy atom. The van der Waals surface area contributed by atoms with Gasteiger partial charge in [0.1, 0.15) is 11.8 Å². The van der Waals surface area contributed by atoms with Crippen molar-refractivity contribution in [2.45, 2.75) is 18.9 Å². The molecule has 1 saturated heterocycles. The molecule has 5 heteroatoms. The fraction of sp³-hybridized carbons (Fsp3) is 0.333. The monoisotopic (exact) mass is 234 g/mol. The number of rotatable bonds is 2. The van der Waals surface area contributed by atoms with E-state index in [9.17, 15) is 9.59 Å². The Bertz CT molecular complexity index is 428. The van der Waals surface area contributed by atoms with Crippen LogP contribution < -0.4 is 10.6 Å². The highest BCUT2D eigenvalue weighted by molar-refractivity contribution is 5.97. The number of carbonyl (C=O) groups excluding carboxylic acids is 2. The molecule has 1 aliphatic heterocycles. The zero-order chi connectivity index (χ0) is 12.3. The van der Waals surface area contributed by atoms with Crippen LogP contribution in [0, 0.1) is 0 Å². The molecule has 0 spiro atoms. The third-order valence-electron chi connectivity index (χ3n) is 2.72. The maximum Gasteiger partial charge on any atom is 0.251 e. The molecule has 1 atom stereocenters. The van der Waals surface area contributed by atoms with Crippen LogP contribution in [-0.4, -0.2) is 29.5 Å². The van der Waals surface area contributed by atoms with Gasteiger partial charge in [0, 0.05) is 12.1 Å². The van der Waals surface area contributed by atoms with Gasteiger partial charge < -0.3 is 15.7 Å². The van der Waals surface area contributed by atoms with E-state index in [0.29, 0.717) is 18.5 Å². The first-order valence-electron chi connectivity index (χ1n) is 5.54. The molecule has 0 radical (unpaired) electrons. The van der Waals surface area contributed by atoms with Gasteiger partial charge in [-0.05, 0) is 37.1 Å². The molecule has 1 aromatic carbocycles. The normalized spacial score (nSPS) is 19.5. The van der Waals surface area contributed by atoms with Crippen LogP contribution in [0.25, 0.3) is 0 Å². The average Bonchev–Trinajstić information content (AvgIpc) is 2.33. The number of carbonyl (C=O) groups is 2. The highest BCUT2D eigenvalue weighted by atomic mass is 16.3. The lowest BCUT2D eigenvalue weighted by atomic mass is 10.1. The van der Waals surface area contributed by atoms with Crippen molar-refractivity contribution in [2.75, 3.05) is 6.54 Å². The van der Waals surface area contributed by atoms with Crippen LogP contribution in [0.15, 0.2) is 24.3 Å². The van der Waals surface area contributed by atoms with E-state index in [2.05, 4.69) is 10.6 Å². The Hall–Kier alpha value is -2.04. The molecule has 2 amide bonds. The zero-order valence-corrected chi connectivity index (χ0v) is 9.27. The van der Waals surface area contributed by atoms with Gasteiger partial charge in [0.25, 0.3) is 5.91 Å². The average molecular weight is 234 g/mol. The van der Waals surface area contributed by atoms with Crippen molar-refractivity contribution in [3.8, 4) is 5.75 Å². The summed E-state index contributed by atoms with van der Waals surface area (Å²) in [4.78, 5) is 23.2. The van der Waals surface area contributed by atoms with Crippen molar-refractivity contribution in [1.82, 2.24) is 10.6 Å². The summed E-state index contributed by atoms with van der Waals surface area (Å²) in [5, 5.41) is 14.5. The number of nitrogens with one attached hydrogen (secondary N) is 2. The lowest BCUT2D eigenvalue weighted by Gasteiger charge is -2.22. The first-order chi connectivity index (χ1) is 8.16. The summed E-state index contributed by atoms with van der Waals surface area (Å²) in [5.41, 5.74) is 0.432. The molecular weight excluding hydrogens is 220 g/mol. The summed E-state index contributed by atoms with van der Waals surface area (Å²) < 4.78 is 0. The van der Waals surface area contributed by atoms with Crippen LogP contribution in [0.1, 0.15) is 23.2 Å². The lowest BCUT2D eigenvalue weighted by Crippen LogP contribution is -2.50. The number of hydrogen-bond acceptors (Lipinski definition) is 3. The minimum Gasteiger partial charge on any atom is -0.508 e. The predicted octanol–water partition coefficient (Wildman–Crippen LogP) is 0.401. The van der Waals surface area contributed by atoms with Gasteiger partial charge in [-0.1, -0.05) is 0 Å². The Morgan fingerprint density at radius 2 is 2.06 bits per heavy atom. The fourth-order valence-corrected chi connectivity index (χ4v) is 1.76. The Morgan fingerprint density at radius 3 is 2.71 bits per heavy atom. The molecule has 2 rings (SSSR count). The maximum absolute atomic E-state index is 11.8. The largest absolute Gasteiger partial charge is 0.508 e. The van der Waals surface area contributed by atoms with Crippen molar-refractivity contribution < 1.29 is 14.7 Å². The van der Waals surface area contributed by atoms with Gasteiger partial charge in [0.05, 0.1) is 0 Å². The van der Waals surface area contributed by atoms with Crippen LogP contribution in [0.2, 0.25) is 0 Å². The summed E-state index contributed by atoms with van der Waals surface area (Å²) in [5.74, 6) is -0.326. The summed E-state index contributed by atoms with van der Waals surface area (Å²) >= 11 is 0. The topological polar surface area (TPSA) is 78.4 Å². The van der Waals surface area contributed by atoms with E-state index in [0.717, 1.165) is 6.42 Å². The molecule has 17 heavy (non-hydrogen) atoms. The van der Waals surface area contributed by atoms with E-state index in [4.69, 9.17) is 5.11 Å². The summed E-state index contributed by atoms with van der Waals surface area (Å²) in [6.07, 6.45) is 1.53. The van der Waals surface area contributed by atoms with Crippen molar-refractivity contribution in [3.63, 3.8) is 0 Å². The molecule has 1 aliphatic rings. The Labute approximate surface area is 98.8 Å². The van der Waals surface area contributed by atoms with Crippen LogP contribution >= 0.6 is 0 Å². The summed E-state index contributed by atoms with van der Waals surface area (Å²) in [6, 6.07) is 5.47. The molecular formula is C12H14N2O3. The van der Waals surface area contributed by atoms with Crippen molar-refractivity contribution >= 4 is 11.8 Å². The smallest absolute Gasteiger partial charge is 0.251 e. The van der Waals surface area contributed by atoms with Crippen LogP contribution in [-0.2, 0) is 4.79 Å². The molecule has 1 aromatic rings. The molecule has 0 bridgehead atoms. The van der Waals surface area contributed by atoms with Gasteiger partial charge in [-0.2, -0.15) is 0 Å². The number of benzene rings is 1. The lowest BCUT2D eigenvalue weighted by molar-refractivity contribution is -0.124. The molecule has 0 saturated carbocycles. The predicted molar refractivity (Wildman–Crippen MR) is 61.6 cm³/mol. The second-order valence-corrected chi connectivity index (χ2v) is 4.01. The van der Waals surface area contributed by atoms with E-state index in [1.807, 2.05) is 0 Å². The third kappa shape index (κ3) is 2.75.